The summed E-state index contributed by atoms with van der Waals surface area (Å²) in [5, 5.41) is 13.1. The number of hydrogen-bond acceptors (Lipinski definition) is 4. The lowest BCUT2D eigenvalue weighted by atomic mass is 10.1. The summed E-state index contributed by atoms with van der Waals surface area (Å²) in [4.78, 5) is 19.6. The van der Waals surface area contributed by atoms with Crippen LogP contribution in [-0.2, 0) is 4.79 Å². The number of nitrogens with one attached hydrogen (secondary N) is 1. The zero-order valence-corrected chi connectivity index (χ0v) is 12.7. The van der Waals surface area contributed by atoms with E-state index in [9.17, 15) is 9.90 Å². The van der Waals surface area contributed by atoms with E-state index in [4.69, 9.17) is 0 Å². The maximum atomic E-state index is 11.3. The molecule has 106 valence electrons. The topological polar surface area (TPSA) is 75.1 Å². The third kappa shape index (κ3) is 3.45. The van der Waals surface area contributed by atoms with Crippen LogP contribution in [0.5, 0.6) is 0 Å². The predicted molar refractivity (Wildman–Crippen MR) is 81.8 cm³/mol. The molecule has 0 fully saturated rings. The first-order valence-corrected chi connectivity index (χ1v) is 7.30. The molecule has 5 nitrogen and oxygen atoms in total. The first-order valence-electron chi connectivity index (χ1n) is 6.51. The smallest absolute Gasteiger partial charge is 0.326 e. The fourth-order valence-electron chi connectivity index (χ4n) is 1.97. The van der Waals surface area contributed by atoms with Crippen LogP contribution < -0.4 is 5.32 Å². The molecule has 0 aliphatic rings. The van der Waals surface area contributed by atoms with Crippen molar-refractivity contribution in [3.05, 3.63) is 29.0 Å². The third-order valence-corrected chi connectivity index (χ3v) is 3.55. The number of aromatic nitrogens is 2. The molecule has 0 aliphatic heterocycles. The Hall–Kier alpha value is -1.69. The molecule has 2 N–H and O–H groups in total. The lowest BCUT2D eigenvalue weighted by Crippen LogP contribution is -2.29. The van der Waals surface area contributed by atoms with Gasteiger partial charge in [0, 0.05) is 9.86 Å². The fourth-order valence-corrected chi connectivity index (χ4v) is 2.34. The molecule has 0 amide bonds. The number of carboxylic acid groups (broad SMARTS) is 1. The van der Waals surface area contributed by atoms with Crippen LogP contribution in [0.2, 0.25) is 0 Å². The first kappa shape index (κ1) is 14.7. The van der Waals surface area contributed by atoms with Crippen molar-refractivity contribution in [1.82, 2.24) is 9.97 Å². The van der Waals surface area contributed by atoms with E-state index in [1.165, 1.54) is 6.33 Å². The second kappa shape index (κ2) is 6.65. The average Bonchev–Trinajstić information content (AvgIpc) is 2.43. The van der Waals surface area contributed by atoms with Crippen molar-refractivity contribution >= 4 is 38.6 Å². The van der Waals surface area contributed by atoms with Gasteiger partial charge in [-0.1, -0.05) is 35.7 Å². The van der Waals surface area contributed by atoms with E-state index in [1.807, 2.05) is 25.1 Å². The summed E-state index contributed by atoms with van der Waals surface area (Å²) in [6, 6.07) is 5.02. The molecule has 2 rings (SSSR count). The maximum Gasteiger partial charge on any atom is 0.326 e. The molecule has 6 heteroatoms. The van der Waals surface area contributed by atoms with E-state index in [-0.39, 0.29) is 0 Å². The number of benzene rings is 1. The van der Waals surface area contributed by atoms with Gasteiger partial charge in [0.25, 0.3) is 0 Å². The Morgan fingerprint density at radius 2 is 2.25 bits per heavy atom. The molecule has 1 unspecified atom stereocenters. The second-order valence-electron chi connectivity index (χ2n) is 4.56. The third-order valence-electron chi connectivity index (χ3n) is 3.05. The van der Waals surface area contributed by atoms with Crippen molar-refractivity contribution in [1.29, 1.82) is 0 Å². The van der Waals surface area contributed by atoms with Crippen molar-refractivity contribution in [3.63, 3.8) is 0 Å². The number of carbonyl (C=O) groups is 1. The van der Waals surface area contributed by atoms with E-state index in [1.54, 1.807) is 0 Å². The predicted octanol–water partition coefficient (Wildman–Crippen LogP) is 3.45. The SMILES string of the molecule is CCCCC(Nc1ncnc2ccc(Br)cc12)C(=O)O. The Bertz CT molecular complexity index is 618. The highest BCUT2D eigenvalue weighted by Gasteiger charge is 2.18. The van der Waals surface area contributed by atoms with Crippen LogP contribution in [0.25, 0.3) is 10.9 Å². The van der Waals surface area contributed by atoms with E-state index in [0.29, 0.717) is 12.2 Å². The van der Waals surface area contributed by atoms with Gasteiger partial charge in [0.1, 0.15) is 18.2 Å². The summed E-state index contributed by atoms with van der Waals surface area (Å²) in [6.07, 6.45) is 3.83. The van der Waals surface area contributed by atoms with Crippen LogP contribution >= 0.6 is 15.9 Å². The van der Waals surface area contributed by atoms with Crippen LogP contribution in [0.1, 0.15) is 26.2 Å². The Labute approximate surface area is 125 Å². The summed E-state index contributed by atoms with van der Waals surface area (Å²) < 4.78 is 0.906. The molecule has 1 aromatic heterocycles. The summed E-state index contributed by atoms with van der Waals surface area (Å²) in [5.41, 5.74) is 0.783. The zero-order valence-electron chi connectivity index (χ0n) is 11.1. The molecule has 0 saturated heterocycles. The van der Waals surface area contributed by atoms with Gasteiger partial charge in [0.2, 0.25) is 0 Å². The number of halogens is 1. The van der Waals surface area contributed by atoms with Crippen molar-refractivity contribution in [3.8, 4) is 0 Å². The number of carboxylic acids is 1. The van der Waals surface area contributed by atoms with Gasteiger partial charge in [0.15, 0.2) is 0 Å². The van der Waals surface area contributed by atoms with Gasteiger partial charge in [-0.05, 0) is 24.6 Å². The largest absolute Gasteiger partial charge is 0.480 e. The van der Waals surface area contributed by atoms with Gasteiger partial charge in [-0.2, -0.15) is 0 Å². The number of anilines is 1. The van der Waals surface area contributed by atoms with Gasteiger partial charge >= 0.3 is 5.97 Å². The molecule has 20 heavy (non-hydrogen) atoms. The zero-order chi connectivity index (χ0) is 14.5. The molecule has 1 atom stereocenters. The molecule has 0 aliphatic carbocycles. The fraction of sp³-hybridized carbons (Fsp3) is 0.357. The standard InChI is InChI=1S/C14H16BrN3O2/c1-2-3-4-12(14(19)20)18-13-10-7-9(15)5-6-11(10)16-8-17-13/h5-8,12H,2-4H2,1H3,(H,19,20)(H,16,17,18). The van der Waals surface area contributed by atoms with E-state index < -0.39 is 12.0 Å². The Balaban J connectivity index is 2.31. The van der Waals surface area contributed by atoms with Gasteiger partial charge in [-0.3, -0.25) is 0 Å². The molecule has 1 heterocycles. The lowest BCUT2D eigenvalue weighted by Gasteiger charge is -2.15. The van der Waals surface area contributed by atoms with Crippen molar-refractivity contribution in [2.24, 2.45) is 0 Å². The van der Waals surface area contributed by atoms with Crippen LogP contribution in [0.4, 0.5) is 5.82 Å². The quantitative estimate of drug-likeness (QED) is 0.844. The second-order valence-corrected chi connectivity index (χ2v) is 5.48. The summed E-state index contributed by atoms with van der Waals surface area (Å²) in [5.74, 6) is -0.306. The van der Waals surface area contributed by atoms with Crippen LogP contribution in [0.15, 0.2) is 29.0 Å². The van der Waals surface area contributed by atoms with Crippen LogP contribution in [-0.4, -0.2) is 27.1 Å². The minimum Gasteiger partial charge on any atom is -0.480 e. The Morgan fingerprint density at radius 1 is 1.45 bits per heavy atom. The number of unbranched alkanes of at least 4 members (excludes halogenated alkanes) is 1. The van der Waals surface area contributed by atoms with E-state index in [2.05, 4.69) is 31.2 Å². The average molecular weight is 338 g/mol. The van der Waals surface area contributed by atoms with Gasteiger partial charge in [0.05, 0.1) is 5.52 Å². The normalized spacial score (nSPS) is 12.3. The molecule has 2 aromatic rings. The van der Waals surface area contributed by atoms with Gasteiger partial charge in [-0.15, -0.1) is 0 Å². The highest BCUT2D eigenvalue weighted by Crippen LogP contribution is 2.24. The van der Waals surface area contributed by atoms with Crippen molar-refractivity contribution < 1.29 is 9.90 Å². The van der Waals surface area contributed by atoms with Crippen LogP contribution in [0.3, 0.4) is 0 Å². The Morgan fingerprint density at radius 3 is 2.95 bits per heavy atom. The lowest BCUT2D eigenvalue weighted by molar-refractivity contribution is -0.138. The van der Waals surface area contributed by atoms with Gasteiger partial charge < -0.3 is 10.4 Å². The molecular formula is C14H16BrN3O2. The highest BCUT2D eigenvalue weighted by molar-refractivity contribution is 9.10. The van der Waals surface area contributed by atoms with Crippen molar-refractivity contribution in [2.75, 3.05) is 5.32 Å². The maximum absolute atomic E-state index is 11.3. The number of hydrogen-bond donors (Lipinski definition) is 2. The number of nitrogens with zero attached hydrogens (tertiary/aromatic N) is 2. The minimum atomic E-state index is -0.861. The van der Waals surface area contributed by atoms with E-state index >= 15 is 0 Å². The van der Waals surface area contributed by atoms with E-state index in [0.717, 1.165) is 28.2 Å². The number of rotatable bonds is 6. The molecule has 0 bridgehead atoms. The van der Waals surface area contributed by atoms with Gasteiger partial charge in [-0.25, -0.2) is 14.8 Å². The first-order chi connectivity index (χ1) is 9.61. The Kier molecular flexibility index (Phi) is 4.89. The molecule has 0 radical (unpaired) electrons. The molecule has 0 spiro atoms. The monoisotopic (exact) mass is 337 g/mol. The summed E-state index contributed by atoms with van der Waals surface area (Å²) >= 11 is 3.40. The highest BCUT2D eigenvalue weighted by atomic mass is 79.9. The molecular weight excluding hydrogens is 322 g/mol. The number of fused-ring (bicyclic) bond motifs is 1. The molecule has 0 saturated carbocycles. The van der Waals surface area contributed by atoms with Crippen LogP contribution in [0, 0.1) is 0 Å². The van der Waals surface area contributed by atoms with Crippen molar-refractivity contribution in [2.45, 2.75) is 32.2 Å². The summed E-state index contributed by atoms with van der Waals surface area (Å²) in [6.45, 7) is 2.04. The summed E-state index contributed by atoms with van der Waals surface area (Å²) in [7, 11) is 0. The molecule has 1 aromatic carbocycles. The minimum absolute atomic E-state index is 0.555. The number of aliphatic carboxylic acids is 1.